The average molecular weight is 257 g/mol. The second-order valence-corrected chi connectivity index (χ2v) is 4.85. The lowest BCUT2D eigenvalue weighted by Gasteiger charge is -2.15. The number of amides is 1. The van der Waals surface area contributed by atoms with E-state index < -0.39 is 11.4 Å². The molecule has 0 bridgehead atoms. The van der Waals surface area contributed by atoms with E-state index in [0.717, 1.165) is 0 Å². The van der Waals surface area contributed by atoms with Gasteiger partial charge in [0, 0.05) is 12.4 Å². The fourth-order valence-electron chi connectivity index (χ4n) is 0.996. The zero-order valence-electron chi connectivity index (χ0n) is 9.90. The van der Waals surface area contributed by atoms with Crippen LogP contribution in [0.1, 0.15) is 19.5 Å². The van der Waals surface area contributed by atoms with Crippen molar-refractivity contribution in [2.24, 2.45) is 0 Å². The van der Waals surface area contributed by atoms with Gasteiger partial charge in [-0.15, -0.1) is 11.3 Å². The molecule has 0 radical (unpaired) electrons. The van der Waals surface area contributed by atoms with Crippen LogP contribution in [0, 0.1) is 0 Å². The molecule has 17 heavy (non-hydrogen) atoms. The summed E-state index contributed by atoms with van der Waals surface area (Å²) in [6, 6.07) is 0. The third kappa shape index (κ3) is 3.16. The summed E-state index contributed by atoms with van der Waals surface area (Å²) in [6.45, 7) is 3.30. The molecule has 3 N–H and O–H groups in total. The van der Waals surface area contributed by atoms with Gasteiger partial charge in [0.1, 0.15) is 5.41 Å². The van der Waals surface area contributed by atoms with Crippen LogP contribution in [-0.4, -0.2) is 35.6 Å². The topological polar surface area (TPSA) is 91.3 Å². The monoisotopic (exact) mass is 257 g/mol. The molecule has 0 spiro atoms. The van der Waals surface area contributed by atoms with Crippen LogP contribution >= 0.6 is 11.3 Å². The van der Waals surface area contributed by atoms with Gasteiger partial charge in [-0.05, 0) is 13.8 Å². The summed E-state index contributed by atoms with van der Waals surface area (Å²) in [4.78, 5) is 26.2. The number of aromatic nitrogens is 1. The molecule has 0 saturated carbocycles. The minimum absolute atomic E-state index is 0.122. The first-order valence-electron chi connectivity index (χ1n) is 5.01. The van der Waals surface area contributed by atoms with Crippen molar-refractivity contribution in [3.8, 4) is 0 Å². The zero-order valence-corrected chi connectivity index (χ0v) is 10.7. The fourth-order valence-corrected chi connectivity index (χ4v) is 1.87. The van der Waals surface area contributed by atoms with Crippen molar-refractivity contribution in [2.45, 2.75) is 19.3 Å². The molecule has 6 nitrogen and oxygen atoms in total. The molecule has 0 unspecified atom stereocenters. The lowest BCUT2D eigenvalue weighted by atomic mass is 9.90. The van der Waals surface area contributed by atoms with E-state index in [9.17, 15) is 9.59 Å². The minimum Gasteiger partial charge on any atom is -0.481 e. The molecule has 0 aliphatic rings. The summed E-state index contributed by atoms with van der Waals surface area (Å²) in [5.74, 6) is -1.08. The van der Waals surface area contributed by atoms with E-state index in [1.807, 2.05) is 0 Å². The number of carbonyl (C=O) groups is 2. The number of carbonyl (C=O) groups excluding carboxylic acids is 1. The number of nitrogens with zero attached hydrogens (tertiary/aromatic N) is 1. The van der Waals surface area contributed by atoms with Gasteiger partial charge in [-0.1, -0.05) is 0 Å². The number of aliphatic carboxylic acids is 1. The number of carboxylic acid groups (broad SMARTS) is 1. The molecule has 1 amide bonds. The second kappa shape index (κ2) is 5.13. The summed E-state index contributed by atoms with van der Waals surface area (Å²) < 4.78 is 0. The van der Waals surface area contributed by atoms with Crippen LogP contribution in [-0.2, 0) is 15.0 Å². The third-order valence-corrected chi connectivity index (χ3v) is 3.16. The number of hydrogen-bond donors (Lipinski definition) is 3. The second-order valence-electron chi connectivity index (χ2n) is 3.99. The summed E-state index contributed by atoms with van der Waals surface area (Å²) >= 11 is 1.28. The van der Waals surface area contributed by atoms with Crippen molar-refractivity contribution >= 4 is 28.3 Å². The SMILES string of the molecule is CNC(=O)CNc1nc(C(C)(C)C(=O)O)cs1. The first-order chi connectivity index (χ1) is 7.87. The largest absolute Gasteiger partial charge is 0.481 e. The summed E-state index contributed by atoms with van der Waals surface area (Å²) in [6.07, 6.45) is 0. The maximum absolute atomic E-state index is 11.0. The van der Waals surface area contributed by atoms with Crippen molar-refractivity contribution in [1.82, 2.24) is 10.3 Å². The molecular formula is C10H15N3O3S. The lowest BCUT2D eigenvalue weighted by Crippen LogP contribution is -2.29. The highest BCUT2D eigenvalue weighted by atomic mass is 32.1. The Balaban J connectivity index is 2.72. The number of carboxylic acids is 1. The molecule has 0 fully saturated rings. The molecule has 7 heteroatoms. The van der Waals surface area contributed by atoms with Gasteiger partial charge in [-0.2, -0.15) is 0 Å². The van der Waals surface area contributed by atoms with E-state index in [1.54, 1.807) is 26.3 Å². The standard InChI is InChI=1S/C10H15N3O3S/c1-10(2,8(15)16)6-5-17-9(13-6)12-4-7(14)11-3/h5H,4H2,1-3H3,(H,11,14)(H,12,13)(H,15,16). The van der Waals surface area contributed by atoms with Crippen molar-refractivity contribution in [3.05, 3.63) is 11.1 Å². The Hall–Kier alpha value is -1.63. The molecular weight excluding hydrogens is 242 g/mol. The maximum atomic E-state index is 11.0. The van der Waals surface area contributed by atoms with Crippen LogP contribution in [0.25, 0.3) is 0 Å². The van der Waals surface area contributed by atoms with Crippen LogP contribution in [0.15, 0.2) is 5.38 Å². The Bertz CT molecular complexity index is 428. The van der Waals surface area contributed by atoms with Gasteiger partial charge in [-0.3, -0.25) is 9.59 Å². The number of nitrogens with one attached hydrogen (secondary N) is 2. The quantitative estimate of drug-likeness (QED) is 0.721. The Morgan fingerprint density at radius 3 is 2.71 bits per heavy atom. The van der Waals surface area contributed by atoms with Crippen LogP contribution < -0.4 is 10.6 Å². The van der Waals surface area contributed by atoms with E-state index in [2.05, 4.69) is 15.6 Å². The molecule has 1 heterocycles. The van der Waals surface area contributed by atoms with E-state index >= 15 is 0 Å². The fraction of sp³-hybridized carbons (Fsp3) is 0.500. The number of rotatable bonds is 5. The van der Waals surface area contributed by atoms with Gasteiger partial charge in [0.25, 0.3) is 0 Å². The number of anilines is 1. The first-order valence-corrected chi connectivity index (χ1v) is 5.89. The predicted molar refractivity (Wildman–Crippen MR) is 65.3 cm³/mol. The summed E-state index contributed by atoms with van der Waals surface area (Å²) in [5.41, 5.74) is -0.543. The van der Waals surface area contributed by atoms with Crippen molar-refractivity contribution < 1.29 is 14.7 Å². The van der Waals surface area contributed by atoms with E-state index in [-0.39, 0.29) is 12.5 Å². The first kappa shape index (κ1) is 13.4. The van der Waals surface area contributed by atoms with Gasteiger partial charge in [0.05, 0.1) is 12.2 Å². The summed E-state index contributed by atoms with van der Waals surface area (Å²) in [5, 5.41) is 16.6. The third-order valence-electron chi connectivity index (χ3n) is 2.36. The average Bonchev–Trinajstić information content (AvgIpc) is 2.74. The van der Waals surface area contributed by atoms with E-state index in [0.29, 0.717) is 10.8 Å². The lowest BCUT2D eigenvalue weighted by molar-refractivity contribution is -0.142. The highest BCUT2D eigenvalue weighted by Crippen LogP contribution is 2.27. The Kier molecular flexibility index (Phi) is 4.06. The van der Waals surface area contributed by atoms with Crippen molar-refractivity contribution in [2.75, 3.05) is 18.9 Å². The molecule has 1 aromatic rings. The van der Waals surface area contributed by atoms with Crippen LogP contribution in [0.5, 0.6) is 0 Å². The molecule has 0 aromatic carbocycles. The zero-order chi connectivity index (χ0) is 13.1. The van der Waals surface area contributed by atoms with E-state index in [1.165, 1.54) is 11.3 Å². The molecule has 0 atom stereocenters. The van der Waals surface area contributed by atoms with E-state index in [4.69, 9.17) is 5.11 Å². The molecule has 0 saturated heterocycles. The van der Waals surface area contributed by atoms with Crippen LogP contribution in [0.2, 0.25) is 0 Å². The Labute approximate surface area is 103 Å². The van der Waals surface area contributed by atoms with Gasteiger partial charge >= 0.3 is 5.97 Å². The van der Waals surface area contributed by atoms with Gasteiger partial charge < -0.3 is 15.7 Å². The normalized spacial score (nSPS) is 11.0. The minimum atomic E-state index is -1.02. The molecule has 0 aliphatic carbocycles. The number of likely N-dealkylation sites (N-methyl/N-ethyl adjacent to an activating group) is 1. The summed E-state index contributed by atoms with van der Waals surface area (Å²) in [7, 11) is 1.55. The predicted octanol–water partition coefficient (Wildman–Crippen LogP) is 0.663. The molecule has 1 aromatic heterocycles. The van der Waals surface area contributed by atoms with Crippen LogP contribution in [0.4, 0.5) is 5.13 Å². The van der Waals surface area contributed by atoms with Gasteiger partial charge in [-0.25, -0.2) is 4.98 Å². The molecule has 1 rings (SSSR count). The van der Waals surface area contributed by atoms with Crippen molar-refractivity contribution in [1.29, 1.82) is 0 Å². The Morgan fingerprint density at radius 1 is 1.53 bits per heavy atom. The van der Waals surface area contributed by atoms with Crippen molar-refractivity contribution in [3.63, 3.8) is 0 Å². The number of thiazole rings is 1. The molecule has 0 aliphatic heterocycles. The highest BCUT2D eigenvalue weighted by Gasteiger charge is 2.32. The smallest absolute Gasteiger partial charge is 0.315 e. The highest BCUT2D eigenvalue weighted by molar-refractivity contribution is 7.13. The van der Waals surface area contributed by atoms with Gasteiger partial charge in [0.2, 0.25) is 5.91 Å². The van der Waals surface area contributed by atoms with Gasteiger partial charge in [0.15, 0.2) is 5.13 Å². The number of hydrogen-bond acceptors (Lipinski definition) is 5. The Morgan fingerprint density at radius 2 is 2.18 bits per heavy atom. The molecule has 94 valence electrons. The maximum Gasteiger partial charge on any atom is 0.315 e. The van der Waals surface area contributed by atoms with Crippen LogP contribution in [0.3, 0.4) is 0 Å².